The van der Waals surface area contributed by atoms with Crippen molar-refractivity contribution in [1.82, 2.24) is 19.9 Å². The Morgan fingerprint density at radius 3 is 2.50 bits per heavy atom. The Morgan fingerprint density at radius 2 is 1.86 bits per heavy atom. The van der Waals surface area contributed by atoms with Crippen LogP contribution in [0.25, 0.3) is 22.2 Å². The van der Waals surface area contributed by atoms with Crippen molar-refractivity contribution in [3.63, 3.8) is 0 Å². The second-order valence-electron chi connectivity index (χ2n) is 6.98. The van der Waals surface area contributed by atoms with Gasteiger partial charge in [0.15, 0.2) is 5.82 Å². The fourth-order valence-corrected chi connectivity index (χ4v) is 3.40. The van der Waals surface area contributed by atoms with E-state index in [-0.39, 0.29) is 18.5 Å². The summed E-state index contributed by atoms with van der Waals surface area (Å²) in [5.74, 6) is 0.869. The third-order valence-electron chi connectivity index (χ3n) is 5.11. The fraction of sp³-hybridized carbons (Fsp3) is 0.409. The molecular weight excluding hydrogens is 350 g/mol. The molecule has 0 aliphatic rings. The van der Waals surface area contributed by atoms with Crippen molar-refractivity contribution in [3.05, 3.63) is 42.9 Å². The molecule has 3 aromatic rings. The number of amides is 1. The predicted molar refractivity (Wildman–Crippen MR) is 114 cm³/mol. The maximum Gasteiger partial charge on any atom is 0.240 e. The van der Waals surface area contributed by atoms with E-state index < -0.39 is 0 Å². The van der Waals surface area contributed by atoms with Crippen LogP contribution in [0.3, 0.4) is 0 Å². The van der Waals surface area contributed by atoms with E-state index in [4.69, 9.17) is 0 Å². The van der Waals surface area contributed by atoms with Crippen LogP contribution < -0.4 is 10.2 Å². The van der Waals surface area contributed by atoms with Gasteiger partial charge in [-0.25, -0.2) is 9.97 Å². The SMILES string of the molecule is CCC(C)NC(=O)Cn1cc(-c2ccccc2)c2ncnc(N(CC)CC)c21. The monoisotopic (exact) mass is 379 g/mol. The molecule has 6 heteroatoms. The first-order chi connectivity index (χ1) is 13.6. The van der Waals surface area contributed by atoms with Gasteiger partial charge in [0.05, 0.1) is 0 Å². The molecule has 0 aliphatic heterocycles. The Labute approximate surface area is 166 Å². The third kappa shape index (κ3) is 4.01. The van der Waals surface area contributed by atoms with E-state index in [0.717, 1.165) is 47.5 Å². The van der Waals surface area contributed by atoms with E-state index in [1.54, 1.807) is 6.33 Å². The summed E-state index contributed by atoms with van der Waals surface area (Å²) in [4.78, 5) is 23.9. The third-order valence-corrected chi connectivity index (χ3v) is 5.11. The van der Waals surface area contributed by atoms with Crippen molar-refractivity contribution >= 4 is 22.8 Å². The van der Waals surface area contributed by atoms with Crippen LogP contribution in [0.4, 0.5) is 5.82 Å². The van der Waals surface area contributed by atoms with E-state index in [0.29, 0.717) is 0 Å². The molecule has 0 saturated carbocycles. The molecule has 0 saturated heterocycles. The molecule has 28 heavy (non-hydrogen) atoms. The van der Waals surface area contributed by atoms with Gasteiger partial charge in [0.1, 0.15) is 23.9 Å². The number of carbonyl (C=O) groups excluding carboxylic acids is 1. The number of rotatable bonds is 8. The Hall–Kier alpha value is -2.89. The van der Waals surface area contributed by atoms with E-state index in [9.17, 15) is 4.79 Å². The summed E-state index contributed by atoms with van der Waals surface area (Å²) in [6.07, 6.45) is 4.55. The van der Waals surface area contributed by atoms with Crippen LogP contribution in [0.15, 0.2) is 42.9 Å². The number of hydrogen-bond donors (Lipinski definition) is 1. The lowest BCUT2D eigenvalue weighted by Crippen LogP contribution is -2.34. The zero-order chi connectivity index (χ0) is 20.1. The molecule has 0 aliphatic carbocycles. The maximum absolute atomic E-state index is 12.6. The second-order valence-corrected chi connectivity index (χ2v) is 6.98. The summed E-state index contributed by atoms with van der Waals surface area (Å²) >= 11 is 0. The molecule has 148 valence electrons. The van der Waals surface area contributed by atoms with Gasteiger partial charge in [-0.05, 0) is 32.8 Å². The molecule has 6 nitrogen and oxygen atoms in total. The van der Waals surface area contributed by atoms with Crippen molar-refractivity contribution in [3.8, 4) is 11.1 Å². The van der Waals surface area contributed by atoms with Gasteiger partial charge in [0, 0.05) is 30.9 Å². The summed E-state index contributed by atoms with van der Waals surface area (Å²) in [6.45, 7) is 10.2. The highest BCUT2D eigenvalue weighted by Gasteiger charge is 2.20. The number of hydrogen-bond acceptors (Lipinski definition) is 4. The Bertz CT molecular complexity index is 931. The van der Waals surface area contributed by atoms with Gasteiger partial charge in [-0.1, -0.05) is 37.3 Å². The zero-order valence-electron chi connectivity index (χ0n) is 17.1. The van der Waals surface area contributed by atoms with Crippen LogP contribution >= 0.6 is 0 Å². The number of carbonyl (C=O) groups is 1. The normalized spacial score (nSPS) is 12.1. The van der Waals surface area contributed by atoms with Crippen LogP contribution in [0, 0.1) is 0 Å². The Morgan fingerprint density at radius 1 is 1.14 bits per heavy atom. The largest absolute Gasteiger partial charge is 0.355 e. The van der Waals surface area contributed by atoms with Gasteiger partial charge in [-0.15, -0.1) is 0 Å². The summed E-state index contributed by atoms with van der Waals surface area (Å²) < 4.78 is 1.99. The van der Waals surface area contributed by atoms with Crippen molar-refractivity contribution in [2.24, 2.45) is 0 Å². The van der Waals surface area contributed by atoms with Crippen molar-refractivity contribution < 1.29 is 4.79 Å². The molecule has 0 radical (unpaired) electrons. The molecule has 1 amide bonds. The van der Waals surface area contributed by atoms with Gasteiger partial charge < -0.3 is 14.8 Å². The van der Waals surface area contributed by atoms with Crippen molar-refractivity contribution in [1.29, 1.82) is 0 Å². The molecule has 2 aromatic heterocycles. The summed E-state index contributed by atoms with van der Waals surface area (Å²) in [7, 11) is 0. The van der Waals surface area contributed by atoms with Crippen LogP contribution in [0.1, 0.15) is 34.1 Å². The smallest absolute Gasteiger partial charge is 0.240 e. The maximum atomic E-state index is 12.6. The van der Waals surface area contributed by atoms with Crippen LogP contribution in [-0.2, 0) is 11.3 Å². The van der Waals surface area contributed by atoms with Gasteiger partial charge in [-0.2, -0.15) is 0 Å². The number of benzene rings is 1. The zero-order valence-corrected chi connectivity index (χ0v) is 17.1. The van der Waals surface area contributed by atoms with Crippen LogP contribution in [-0.4, -0.2) is 39.6 Å². The molecular formula is C22H29N5O. The van der Waals surface area contributed by atoms with Gasteiger partial charge >= 0.3 is 0 Å². The molecule has 0 fully saturated rings. The van der Waals surface area contributed by atoms with E-state index in [1.807, 2.05) is 35.9 Å². The number of aromatic nitrogens is 3. The first-order valence-corrected chi connectivity index (χ1v) is 10.0. The van der Waals surface area contributed by atoms with Crippen LogP contribution in [0.2, 0.25) is 0 Å². The highest BCUT2D eigenvalue weighted by atomic mass is 16.2. The number of fused-ring (bicyclic) bond motifs is 1. The molecule has 1 atom stereocenters. The number of anilines is 1. The van der Waals surface area contributed by atoms with Crippen molar-refractivity contribution in [2.75, 3.05) is 18.0 Å². The molecule has 1 unspecified atom stereocenters. The van der Waals surface area contributed by atoms with Crippen LogP contribution in [0.5, 0.6) is 0 Å². The Kier molecular flexibility index (Phi) is 6.29. The van der Waals surface area contributed by atoms with Gasteiger partial charge in [0.2, 0.25) is 5.91 Å². The van der Waals surface area contributed by atoms with E-state index in [2.05, 4.69) is 53.1 Å². The summed E-state index contributed by atoms with van der Waals surface area (Å²) in [5.41, 5.74) is 3.88. The predicted octanol–water partition coefficient (Wildman–Crippen LogP) is 3.86. The molecule has 0 spiro atoms. The highest BCUT2D eigenvalue weighted by Crippen LogP contribution is 2.33. The minimum Gasteiger partial charge on any atom is -0.355 e. The average molecular weight is 380 g/mol. The van der Waals surface area contributed by atoms with Gasteiger partial charge in [0.25, 0.3) is 0 Å². The van der Waals surface area contributed by atoms with Gasteiger partial charge in [-0.3, -0.25) is 4.79 Å². The lowest BCUT2D eigenvalue weighted by molar-refractivity contribution is -0.122. The molecule has 0 bridgehead atoms. The standard InChI is InChI=1S/C22H29N5O/c1-5-16(4)25-19(28)14-27-13-18(17-11-9-8-10-12-17)20-21(27)22(24-15-23-20)26(6-2)7-3/h8-13,15-16H,5-7,14H2,1-4H3,(H,25,28). The summed E-state index contributed by atoms with van der Waals surface area (Å²) in [6, 6.07) is 10.3. The number of nitrogens with zero attached hydrogens (tertiary/aromatic N) is 4. The van der Waals surface area contributed by atoms with E-state index >= 15 is 0 Å². The topological polar surface area (TPSA) is 63.1 Å². The molecule has 1 N–H and O–H groups in total. The molecule has 3 rings (SSSR count). The lowest BCUT2D eigenvalue weighted by atomic mass is 10.1. The number of nitrogens with one attached hydrogen (secondary N) is 1. The molecule has 2 heterocycles. The first-order valence-electron chi connectivity index (χ1n) is 10.0. The Balaban J connectivity index is 2.14. The quantitative estimate of drug-likeness (QED) is 0.645. The fourth-order valence-electron chi connectivity index (χ4n) is 3.40. The van der Waals surface area contributed by atoms with Crippen molar-refractivity contribution in [2.45, 2.75) is 46.7 Å². The highest BCUT2D eigenvalue weighted by molar-refractivity contribution is 5.99. The average Bonchev–Trinajstić information content (AvgIpc) is 3.08. The first kappa shape index (κ1) is 19.9. The second kappa shape index (κ2) is 8.87. The van der Waals surface area contributed by atoms with E-state index in [1.165, 1.54) is 0 Å². The lowest BCUT2D eigenvalue weighted by Gasteiger charge is -2.21. The minimum atomic E-state index is 0.000196. The molecule has 1 aromatic carbocycles. The minimum absolute atomic E-state index is 0.000196. The summed E-state index contributed by atoms with van der Waals surface area (Å²) in [5, 5.41) is 3.05.